The first kappa shape index (κ1) is 46.4. The van der Waals surface area contributed by atoms with E-state index in [2.05, 4.69) is 0 Å². The number of hydrogen-bond donors (Lipinski definition) is 4. The van der Waals surface area contributed by atoms with Gasteiger partial charge in [-0.1, -0.05) is 0 Å². The van der Waals surface area contributed by atoms with Gasteiger partial charge in [-0.05, 0) is 12.8 Å². The van der Waals surface area contributed by atoms with Gasteiger partial charge in [-0.2, -0.15) is 0 Å². The van der Waals surface area contributed by atoms with Crippen LogP contribution in [0.3, 0.4) is 0 Å². The molecule has 2 atom stereocenters. The number of hydrogen-bond acceptors (Lipinski definition) is 20. The molecule has 8 N–H and O–H groups in total. The van der Waals surface area contributed by atoms with Crippen LogP contribution >= 0.6 is 0 Å². The molecule has 0 saturated heterocycles. The van der Waals surface area contributed by atoms with E-state index in [0.717, 1.165) is 0 Å². The molecule has 0 aliphatic carbocycles. The van der Waals surface area contributed by atoms with Gasteiger partial charge in [-0.15, -0.1) is 0 Å². The van der Waals surface area contributed by atoms with E-state index >= 15 is 0 Å². The lowest BCUT2D eigenvalue weighted by Gasteiger charge is -2.22. The smallest absolute Gasteiger partial charge is 0.319 e. The maximum atomic E-state index is 11.4. The fourth-order valence-electron chi connectivity index (χ4n) is 3.40. The summed E-state index contributed by atoms with van der Waals surface area (Å²) in [6.45, 7) is 0.958. The Bertz CT molecular complexity index is 820. The standard InChI is InChI=1S/C29H56N4O16/c1-38-6-7-41-21-24(43-9-11-45-26(35)17-31)2-4-39-20-23(42-8-10-44-25(34)16-30)3-5-40-22-29(48-14-12-46-27(36)18-32)49-15-13-47-28(37)19-33/h23-24,29H,2-22,30-33H2,1H3. The van der Waals surface area contributed by atoms with E-state index in [1.165, 1.54) is 0 Å². The average Bonchev–Trinajstić information content (AvgIpc) is 3.11. The van der Waals surface area contributed by atoms with E-state index in [4.69, 9.17) is 79.8 Å². The average molecular weight is 717 g/mol. The molecule has 20 nitrogen and oxygen atoms in total. The molecule has 0 amide bonds. The summed E-state index contributed by atoms with van der Waals surface area (Å²) in [5.74, 6) is -2.25. The minimum atomic E-state index is -0.874. The Morgan fingerprint density at radius 2 is 0.776 bits per heavy atom. The number of ether oxygens (including phenoxy) is 12. The molecule has 0 saturated carbocycles. The third-order valence-electron chi connectivity index (χ3n) is 5.83. The fourth-order valence-corrected chi connectivity index (χ4v) is 3.40. The SMILES string of the molecule is COCCOCC(CCOCC(CCOCC(OCCOC(=O)CN)OCCOC(=O)CN)OCCOC(=O)CN)OCCOC(=O)CN. The first-order chi connectivity index (χ1) is 23.8. The summed E-state index contributed by atoms with van der Waals surface area (Å²) in [7, 11) is 1.57. The minimum absolute atomic E-state index is 0.00403. The lowest BCUT2D eigenvalue weighted by atomic mass is 10.2. The first-order valence-electron chi connectivity index (χ1n) is 15.9. The summed E-state index contributed by atoms with van der Waals surface area (Å²) < 4.78 is 64.7. The number of rotatable bonds is 35. The van der Waals surface area contributed by atoms with Gasteiger partial charge in [0.1, 0.15) is 26.4 Å². The van der Waals surface area contributed by atoms with E-state index < -0.39 is 36.3 Å². The van der Waals surface area contributed by atoms with Crippen LogP contribution in [0.25, 0.3) is 0 Å². The van der Waals surface area contributed by atoms with Crippen LogP contribution < -0.4 is 22.9 Å². The highest BCUT2D eigenvalue weighted by Crippen LogP contribution is 2.06. The molecule has 0 spiro atoms. The van der Waals surface area contributed by atoms with Gasteiger partial charge < -0.3 is 79.8 Å². The van der Waals surface area contributed by atoms with E-state index in [1.54, 1.807) is 7.11 Å². The molecule has 20 heteroatoms. The molecule has 0 fully saturated rings. The number of methoxy groups -OCH3 is 1. The van der Waals surface area contributed by atoms with Gasteiger partial charge in [0.05, 0.1) is 97.8 Å². The van der Waals surface area contributed by atoms with E-state index in [0.29, 0.717) is 26.1 Å². The molecule has 0 rings (SSSR count). The van der Waals surface area contributed by atoms with Crippen molar-refractivity contribution < 1.29 is 76.0 Å². The summed E-state index contributed by atoms with van der Waals surface area (Å²) in [5.41, 5.74) is 20.9. The van der Waals surface area contributed by atoms with E-state index in [-0.39, 0.29) is 118 Å². The van der Waals surface area contributed by atoms with Gasteiger partial charge in [0, 0.05) is 20.3 Å². The van der Waals surface area contributed by atoms with Crippen LogP contribution in [-0.2, 0) is 76.0 Å². The molecule has 2 unspecified atom stereocenters. The zero-order valence-electron chi connectivity index (χ0n) is 28.4. The maximum Gasteiger partial charge on any atom is 0.319 e. The van der Waals surface area contributed by atoms with Crippen LogP contribution in [0.5, 0.6) is 0 Å². The van der Waals surface area contributed by atoms with Crippen molar-refractivity contribution >= 4 is 23.9 Å². The second kappa shape index (κ2) is 33.9. The summed E-state index contributed by atoms with van der Waals surface area (Å²) in [6.07, 6.45) is -0.821. The molecule has 0 aromatic heterocycles. The lowest BCUT2D eigenvalue weighted by Crippen LogP contribution is -2.30. The molecule has 49 heavy (non-hydrogen) atoms. The Morgan fingerprint density at radius 1 is 0.429 bits per heavy atom. The van der Waals surface area contributed by atoms with E-state index in [9.17, 15) is 19.2 Å². The topological polar surface area (TPSA) is 283 Å². The highest BCUT2D eigenvalue weighted by atomic mass is 16.7. The molecule has 0 aromatic rings. The molecule has 0 aliphatic rings. The number of esters is 4. The molecule has 0 heterocycles. The van der Waals surface area contributed by atoms with Crippen molar-refractivity contribution in [1.82, 2.24) is 0 Å². The number of nitrogens with two attached hydrogens (primary N) is 4. The summed E-state index contributed by atoms with van der Waals surface area (Å²) in [6, 6.07) is 0. The predicted octanol–water partition coefficient (Wildman–Crippen LogP) is -3.40. The quantitative estimate of drug-likeness (QED) is 0.0215. The molecule has 0 bridgehead atoms. The van der Waals surface area contributed by atoms with Gasteiger partial charge in [0.25, 0.3) is 0 Å². The van der Waals surface area contributed by atoms with Crippen molar-refractivity contribution in [1.29, 1.82) is 0 Å². The number of carbonyl (C=O) groups excluding carboxylic acids is 4. The number of carbonyl (C=O) groups is 4. The Morgan fingerprint density at radius 3 is 1.14 bits per heavy atom. The third-order valence-corrected chi connectivity index (χ3v) is 5.83. The van der Waals surface area contributed by atoms with Crippen molar-refractivity contribution in [2.24, 2.45) is 22.9 Å². The van der Waals surface area contributed by atoms with Crippen molar-refractivity contribution in [2.45, 2.75) is 31.3 Å². The Labute approximate surface area is 286 Å². The van der Waals surface area contributed by atoms with E-state index in [1.807, 2.05) is 0 Å². The summed E-state index contributed by atoms with van der Waals surface area (Å²) >= 11 is 0. The van der Waals surface area contributed by atoms with Crippen LogP contribution in [0, 0.1) is 0 Å². The highest BCUT2D eigenvalue weighted by Gasteiger charge is 2.16. The Hall–Kier alpha value is -2.60. The van der Waals surface area contributed by atoms with Crippen molar-refractivity contribution in [3.8, 4) is 0 Å². The molecule has 288 valence electrons. The summed E-state index contributed by atoms with van der Waals surface area (Å²) in [4.78, 5) is 45.1. The molecule has 0 radical (unpaired) electrons. The Kier molecular flexibility index (Phi) is 32.1. The van der Waals surface area contributed by atoms with Gasteiger partial charge >= 0.3 is 23.9 Å². The van der Waals surface area contributed by atoms with Crippen LogP contribution in [-0.4, -0.2) is 175 Å². The van der Waals surface area contributed by atoms with Crippen LogP contribution in [0.1, 0.15) is 12.8 Å². The third kappa shape index (κ3) is 30.0. The Balaban J connectivity index is 4.92. The monoisotopic (exact) mass is 716 g/mol. The zero-order chi connectivity index (χ0) is 36.4. The van der Waals surface area contributed by atoms with Crippen LogP contribution in [0.4, 0.5) is 0 Å². The minimum Gasteiger partial charge on any atom is -0.462 e. The summed E-state index contributed by atoms with van der Waals surface area (Å²) in [5, 5.41) is 0. The van der Waals surface area contributed by atoms with Gasteiger partial charge in [0.15, 0.2) is 6.29 Å². The maximum absolute atomic E-state index is 11.4. The molecular weight excluding hydrogens is 660 g/mol. The lowest BCUT2D eigenvalue weighted by molar-refractivity contribution is -0.188. The van der Waals surface area contributed by atoms with Gasteiger partial charge in [-0.3, -0.25) is 19.2 Å². The van der Waals surface area contributed by atoms with Crippen molar-refractivity contribution in [3.05, 3.63) is 0 Å². The molecular formula is C29H56N4O16. The molecule has 0 aromatic carbocycles. The van der Waals surface area contributed by atoms with Crippen LogP contribution in [0.2, 0.25) is 0 Å². The normalized spacial score (nSPS) is 12.4. The zero-order valence-corrected chi connectivity index (χ0v) is 28.4. The van der Waals surface area contributed by atoms with Gasteiger partial charge in [0.2, 0.25) is 0 Å². The molecule has 0 aliphatic heterocycles. The van der Waals surface area contributed by atoms with Crippen molar-refractivity contribution in [2.75, 3.05) is 132 Å². The second-order valence-electron chi connectivity index (χ2n) is 9.65. The van der Waals surface area contributed by atoms with Gasteiger partial charge in [-0.25, -0.2) is 0 Å². The fraction of sp³-hybridized carbons (Fsp3) is 0.862. The first-order valence-corrected chi connectivity index (χ1v) is 15.9. The second-order valence-corrected chi connectivity index (χ2v) is 9.65. The van der Waals surface area contributed by atoms with Crippen LogP contribution in [0.15, 0.2) is 0 Å². The predicted molar refractivity (Wildman–Crippen MR) is 169 cm³/mol. The highest BCUT2D eigenvalue weighted by molar-refractivity contribution is 5.72. The van der Waals surface area contributed by atoms with Crippen molar-refractivity contribution in [3.63, 3.8) is 0 Å². The largest absolute Gasteiger partial charge is 0.462 e.